The second kappa shape index (κ2) is 5.65. The lowest BCUT2D eigenvalue weighted by atomic mass is 9.96. The van der Waals surface area contributed by atoms with Gasteiger partial charge in [0.1, 0.15) is 11.5 Å². The fourth-order valence-electron chi connectivity index (χ4n) is 2.37. The number of aryl methyl sites for hydroxylation is 2. The summed E-state index contributed by atoms with van der Waals surface area (Å²) in [5, 5.41) is 12.7. The van der Waals surface area contributed by atoms with Crippen LogP contribution in [0, 0.1) is 19.8 Å². The van der Waals surface area contributed by atoms with Gasteiger partial charge in [-0.25, -0.2) is 4.79 Å². The molecule has 1 aliphatic heterocycles. The third-order valence-corrected chi connectivity index (χ3v) is 3.78. The predicted octanol–water partition coefficient (Wildman–Crippen LogP) is 1.81. The molecule has 106 valence electrons. The van der Waals surface area contributed by atoms with Gasteiger partial charge in [-0.15, -0.1) is 0 Å². The van der Waals surface area contributed by atoms with Crippen molar-refractivity contribution in [3.05, 3.63) is 23.2 Å². The highest BCUT2D eigenvalue weighted by atomic mass is 16.3. The molecule has 1 aliphatic rings. The molecule has 2 N–H and O–H groups in total. The molecule has 1 aromatic rings. The molecule has 2 rings (SSSR count). The van der Waals surface area contributed by atoms with Crippen molar-refractivity contribution < 1.29 is 14.3 Å². The number of hydrogen-bond donors (Lipinski definition) is 2. The fourth-order valence-corrected chi connectivity index (χ4v) is 2.37. The van der Waals surface area contributed by atoms with Crippen molar-refractivity contribution in [3.8, 4) is 0 Å². The summed E-state index contributed by atoms with van der Waals surface area (Å²) in [6.07, 6.45) is 0.427. The SMILES string of the molecule is Cc1cc(CNC(=O)N2CCC(C)C(O)C2)c(C)o1. The van der Waals surface area contributed by atoms with E-state index in [0.717, 1.165) is 23.5 Å². The number of aliphatic hydroxyl groups excluding tert-OH is 1. The number of nitrogens with one attached hydrogen (secondary N) is 1. The van der Waals surface area contributed by atoms with Gasteiger partial charge in [0.05, 0.1) is 6.10 Å². The number of hydrogen-bond acceptors (Lipinski definition) is 3. The third kappa shape index (κ3) is 3.29. The lowest BCUT2D eigenvalue weighted by molar-refractivity contribution is 0.0435. The van der Waals surface area contributed by atoms with Crippen LogP contribution >= 0.6 is 0 Å². The average Bonchev–Trinajstić information content (AvgIpc) is 2.68. The molecular formula is C14H22N2O3. The fraction of sp³-hybridized carbons (Fsp3) is 0.643. The Morgan fingerprint density at radius 3 is 2.89 bits per heavy atom. The van der Waals surface area contributed by atoms with Crippen LogP contribution in [0.5, 0.6) is 0 Å². The van der Waals surface area contributed by atoms with Gasteiger partial charge in [-0.3, -0.25) is 0 Å². The van der Waals surface area contributed by atoms with E-state index in [1.54, 1.807) is 4.90 Å². The monoisotopic (exact) mass is 266 g/mol. The highest BCUT2D eigenvalue weighted by molar-refractivity contribution is 5.74. The highest BCUT2D eigenvalue weighted by Gasteiger charge is 2.27. The third-order valence-electron chi connectivity index (χ3n) is 3.78. The number of aliphatic hydroxyl groups is 1. The Morgan fingerprint density at radius 1 is 1.58 bits per heavy atom. The van der Waals surface area contributed by atoms with E-state index in [4.69, 9.17) is 4.42 Å². The quantitative estimate of drug-likeness (QED) is 0.858. The summed E-state index contributed by atoms with van der Waals surface area (Å²) in [6.45, 7) is 7.37. The summed E-state index contributed by atoms with van der Waals surface area (Å²) < 4.78 is 5.42. The summed E-state index contributed by atoms with van der Waals surface area (Å²) in [5.74, 6) is 1.96. The Balaban J connectivity index is 1.86. The van der Waals surface area contributed by atoms with Crippen LogP contribution in [0.1, 0.15) is 30.4 Å². The minimum atomic E-state index is -0.419. The van der Waals surface area contributed by atoms with Crippen LogP contribution in [0.25, 0.3) is 0 Å². The van der Waals surface area contributed by atoms with Gasteiger partial charge in [0, 0.05) is 25.2 Å². The van der Waals surface area contributed by atoms with Gasteiger partial charge < -0.3 is 19.7 Å². The van der Waals surface area contributed by atoms with Crippen molar-refractivity contribution in [2.45, 2.75) is 39.8 Å². The summed E-state index contributed by atoms with van der Waals surface area (Å²) in [6, 6.07) is 1.81. The number of likely N-dealkylation sites (tertiary alicyclic amines) is 1. The van der Waals surface area contributed by atoms with Crippen LogP contribution < -0.4 is 5.32 Å². The Hall–Kier alpha value is -1.49. The first kappa shape index (κ1) is 13.9. The van der Waals surface area contributed by atoms with Gasteiger partial charge in [-0.1, -0.05) is 6.92 Å². The van der Waals surface area contributed by atoms with Crippen LogP contribution in [0.3, 0.4) is 0 Å². The van der Waals surface area contributed by atoms with E-state index in [2.05, 4.69) is 5.32 Å². The molecule has 19 heavy (non-hydrogen) atoms. The number of carbonyl (C=O) groups is 1. The van der Waals surface area contributed by atoms with Crippen molar-refractivity contribution in [1.82, 2.24) is 10.2 Å². The minimum absolute atomic E-state index is 0.121. The van der Waals surface area contributed by atoms with Crippen LogP contribution in [-0.2, 0) is 6.54 Å². The van der Waals surface area contributed by atoms with Crippen molar-refractivity contribution in [2.24, 2.45) is 5.92 Å². The van der Waals surface area contributed by atoms with Crippen LogP contribution in [-0.4, -0.2) is 35.2 Å². The Kier molecular flexibility index (Phi) is 4.14. The largest absolute Gasteiger partial charge is 0.466 e. The maximum absolute atomic E-state index is 12.0. The topological polar surface area (TPSA) is 65.7 Å². The van der Waals surface area contributed by atoms with E-state index >= 15 is 0 Å². The van der Waals surface area contributed by atoms with Gasteiger partial charge in [-0.2, -0.15) is 0 Å². The van der Waals surface area contributed by atoms with Crippen LogP contribution in [0.15, 0.2) is 10.5 Å². The van der Waals surface area contributed by atoms with Gasteiger partial charge >= 0.3 is 6.03 Å². The molecule has 1 aromatic heterocycles. The molecule has 0 aromatic carbocycles. The zero-order valence-electron chi connectivity index (χ0n) is 11.8. The maximum Gasteiger partial charge on any atom is 0.317 e. The maximum atomic E-state index is 12.0. The molecule has 0 aliphatic carbocycles. The molecule has 5 heteroatoms. The number of carbonyl (C=O) groups excluding carboxylic acids is 1. The minimum Gasteiger partial charge on any atom is -0.466 e. The Bertz CT molecular complexity index is 456. The summed E-state index contributed by atoms with van der Waals surface area (Å²) in [7, 11) is 0. The standard InChI is InChI=1S/C14H22N2O3/c1-9-4-5-16(8-13(9)17)14(18)15-7-12-6-10(2)19-11(12)3/h6,9,13,17H,4-5,7-8H2,1-3H3,(H,15,18). The van der Waals surface area contributed by atoms with Gasteiger partial charge in [0.25, 0.3) is 0 Å². The van der Waals surface area contributed by atoms with Crippen molar-refractivity contribution in [2.75, 3.05) is 13.1 Å². The van der Waals surface area contributed by atoms with E-state index in [1.807, 2.05) is 26.8 Å². The van der Waals surface area contributed by atoms with E-state index in [-0.39, 0.29) is 11.9 Å². The first-order valence-corrected chi connectivity index (χ1v) is 6.74. The molecule has 0 bridgehead atoms. The Labute approximate surface area is 113 Å². The van der Waals surface area contributed by atoms with Crippen molar-refractivity contribution >= 4 is 6.03 Å². The Morgan fingerprint density at radius 2 is 2.32 bits per heavy atom. The normalized spacial score (nSPS) is 23.5. The van der Waals surface area contributed by atoms with Gasteiger partial charge in [-0.05, 0) is 32.3 Å². The molecule has 2 unspecified atom stereocenters. The molecular weight excluding hydrogens is 244 g/mol. The zero-order chi connectivity index (χ0) is 14.0. The van der Waals surface area contributed by atoms with Crippen molar-refractivity contribution in [3.63, 3.8) is 0 Å². The molecule has 0 saturated carbocycles. The summed E-state index contributed by atoms with van der Waals surface area (Å²) >= 11 is 0. The first-order valence-electron chi connectivity index (χ1n) is 6.74. The number of nitrogens with zero attached hydrogens (tertiary/aromatic N) is 1. The van der Waals surface area contributed by atoms with Crippen LogP contribution in [0.4, 0.5) is 4.79 Å². The number of β-amino-alcohol motifs (C(OH)–C–C–N with tert-alkyl or cyclic N) is 1. The zero-order valence-corrected chi connectivity index (χ0v) is 11.8. The second-order valence-electron chi connectivity index (χ2n) is 5.38. The molecule has 0 radical (unpaired) electrons. The van der Waals surface area contributed by atoms with E-state index in [9.17, 15) is 9.90 Å². The predicted molar refractivity (Wildman–Crippen MR) is 71.8 cm³/mol. The highest BCUT2D eigenvalue weighted by Crippen LogP contribution is 2.17. The van der Waals surface area contributed by atoms with Crippen LogP contribution in [0.2, 0.25) is 0 Å². The van der Waals surface area contributed by atoms with E-state index in [0.29, 0.717) is 19.6 Å². The molecule has 2 heterocycles. The van der Waals surface area contributed by atoms with Gasteiger partial charge in [0.15, 0.2) is 0 Å². The number of furan rings is 1. The molecule has 2 amide bonds. The summed E-state index contributed by atoms with van der Waals surface area (Å²) in [4.78, 5) is 13.7. The number of rotatable bonds is 2. The molecule has 0 spiro atoms. The molecule has 1 fully saturated rings. The number of piperidine rings is 1. The first-order chi connectivity index (χ1) is 8.97. The van der Waals surface area contributed by atoms with Gasteiger partial charge in [0.2, 0.25) is 0 Å². The smallest absolute Gasteiger partial charge is 0.317 e. The number of amides is 2. The molecule has 1 saturated heterocycles. The lowest BCUT2D eigenvalue weighted by Gasteiger charge is -2.34. The summed E-state index contributed by atoms with van der Waals surface area (Å²) in [5.41, 5.74) is 0.997. The second-order valence-corrected chi connectivity index (χ2v) is 5.38. The van der Waals surface area contributed by atoms with E-state index in [1.165, 1.54) is 0 Å². The molecule has 2 atom stereocenters. The number of urea groups is 1. The average molecular weight is 266 g/mol. The lowest BCUT2D eigenvalue weighted by Crippen LogP contribution is -2.49. The molecule has 5 nitrogen and oxygen atoms in total. The van der Waals surface area contributed by atoms with E-state index < -0.39 is 6.10 Å². The van der Waals surface area contributed by atoms with Crippen molar-refractivity contribution in [1.29, 1.82) is 0 Å².